The molecule has 0 aromatic heterocycles. The molecule has 3 aliphatic rings. The number of anilines is 1. The minimum atomic E-state index is -0.0270. The van der Waals surface area contributed by atoms with Gasteiger partial charge in [0.05, 0.1) is 17.5 Å². The van der Waals surface area contributed by atoms with Crippen LogP contribution in [0, 0.1) is 23.7 Å². The van der Waals surface area contributed by atoms with Gasteiger partial charge in [0.25, 0.3) is 0 Å². The van der Waals surface area contributed by atoms with E-state index in [1.54, 1.807) is 4.90 Å². The van der Waals surface area contributed by atoms with Crippen molar-refractivity contribution in [3.63, 3.8) is 0 Å². The van der Waals surface area contributed by atoms with Crippen LogP contribution in [0.25, 0.3) is 0 Å². The molecule has 0 unspecified atom stereocenters. The van der Waals surface area contributed by atoms with E-state index in [1.165, 1.54) is 0 Å². The van der Waals surface area contributed by atoms with Crippen molar-refractivity contribution in [1.82, 2.24) is 0 Å². The molecule has 0 spiro atoms. The summed E-state index contributed by atoms with van der Waals surface area (Å²) < 4.78 is 0. The predicted octanol–water partition coefficient (Wildman–Crippen LogP) is 3.35. The number of aryl methyl sites for hydroxylation is 2. The maximum Gasteiger partial charge on any atom is 0.237 e. The molecule has 116 valence electrons. The molecular weight excluding hydrogens is 274 g/mol. The third-order valence-electron chi connectivity index (χ3n) is 6.12. The van der Waals surface area contributed by atoms with Crippen LogP contribution in [0.2, 0.25) is 0 Å². The zero-order chi connectivity index (χ0) is 15.4. The molecule has 1 aromatic rings. The van der Waals surface area contributed by atoms with E-state index in [1.807, 2.05) is 6.07 Å². The molecule has 1 aromatic carbocycles. The minimum absolute atomic E-state index is 0.0270. The number of nitrogens with zero attached hydrogens (tertiary/aromatic N) is 1. The lowest BCUT2D eigenvalue weighted by Crippen LogP contribution is -2.34. The summed E-state index contributed by atoms with van der Waals surface area (Å²) in [4.78, 5) is 27.6. The maximum atomic E-state index is 13.0. The number of rotatable bonds is 3. The monoisotopic (exact) mass is 297 g/mol. The van der Waals surface area contributed by atoms with Gasteiger partial charge >= 0.3 is 0 Å². The first-order chi connectivity index (χ1) is 10.7. The standard InChI is InChI=1S/C19H23NO2/c1-3-11-6-5-7-12(4-2)17(11)20-18(21)15-13-8-9-14(10-13)16(15)19(20)22/h5-7,13-16H,3-4,8-10H2,1-2H3/t13-,14-,15+,16+/m0/s1. The summed E-state index contributed by atoms with van der Waals surface area (Å²) in [6, 6.07) is 6.15. The molecule has 3 fully saturated rings. The van der Waals surface area contributed by atoms with Gasteiger partial charge in [-0.25, -0.2) is 4.90 Å². The van der Waals surface area contributed by atoms with Crippen LogP contribution in [-0.4, -0.2) is 11.8 Å². The van der Waals surface area contributed by atoms with E-state index < -0.39 is 0 Å². The second kappa shape index (κ2) is 4.94. The van der Waals surface area contributed by atoms with Crippen molar-refractivity contribution in [2.45, 2.75) is 46.0 Å². The molecule has 1 saturated heterocycles. The van der Waals surface area contributed by atoms with E-state index in [-0.39, 0.29) is 23.7 Å². The largest absolute Gasteiger partial charge is 0.274 e. The van der Waals surface area contributed by atoms with Gasteiger partial charge in [0, 0.05) is 0 Å². The summed E-state index contributed by atoms with van der Waals surface area (Å²) in [7, 11) is 0. The van der Waals surface area contributed by atoms with E-state index in [4.69, 9.17) is 0 Å². The second-order valence-corrected chi connectivity index (χ2v) is 7.03. The van der Waals surface area contributed by atoms with Gasteiger partial charge in [0.1, 0.15) is 0 Å². The second-order valence-electron chi connectivity index (χ2n) is 7.03. The van der Waals surface area contributed by atoms with Crippen LogP contribution in [0.5, 0.6) is 0 Å². The number of hydrogen-bond donors (Lipinski definition) is 0. The molecule has 1 aliphatic heterocycles. The van der Waals surface area contributed by atoms with Crippen LogP contribution in [-0.2, 0) is 22.4 Å². The number of imide groups is 1. The topological polar surface area (TPSA) is 37.4 Å². The van der Waals surface area contributed by atoms with Gasteiger partial charge in [-0.05, 0) is 55.1 Å². The van der Waals surface area contributed by atoms with E-state index in [9.17, 15) is 9.59 Å². The number of fused-ring (bicyclic) bond motifs is 5. The zero-order valence-electron chi connectivity index (χ0n) is 13.3. The third-order valence-corrected chi connectivity index (χ3v) is 6.12. The predicted molar refractivity (Wildman–Crippen MR) is 85.5 cm³/mol. The molecule has 3 heteroatoms. The van der Waals surface area contributed by atoms with Crippen LogP contribution in [0.3, 0.4) is 0 Å². The van der Waals surface area contributed by atoms with Gasteiger partial charge in [-0.1, -0.05) is 32.0 Å². The average Bonchev–Trinajstić information content (AvgIpc) is 3.21. The van der Waals surface area contributed by atoms with Gasteiger partial charge in [-0.15, -0.1) is 0 Å². The quantitative estimate of drug-likeness (QED) is 0.802. The number of carbonyl (C=O) groups is 2. The summed E-state index contributed by atoms with van der Waals surface area (Å²) in [5.74, 6) is 1.02. The Labute approximate surface area is 131 Å². The summed E-state index contributed by atoms with van der Waals surface area (Å²) >= 11 is 0. The average molecular weight is 297 g/mol. The Balaban J connectivity index is 1.81. The van der Waals surface area contributed by atoms with E-state index in [0.717, 1.165) is 48.9 Å². The highest BCUT2D eigenvalue weighted by atomic mass is 16.2. The molecule has 0 N–H and O–H groups in total. The first-order valence-electron chi connectivity index (χ1n) is 8.65. The van der Waals surface area contributed by atoms with Crippen molar-refractivity contribution >= 4 is 17.5 Å². The van der Waals surface area contributed by atoms with Gasteiger partial charge in [-0.3, -0.25) is 9.59 Å². The fourth-order valence-electron chi connectivity index (χ4n) is 5.13. The number of carbonyl (C=O) groups excluding carboxylic acids is 2. The molecular formula is C19H23NO2. The normalized spacial score (nSPS) is 32.9. The van der Waals surface area contributed by atoms with Crippen molar-refractivity contribution in [3.05, 3.63) is 29.3 Å². The van der Waals surface area contributed by atoms with Gasteiger partial charge < -0.3 is 0 Å². The maximum absolute atomic E-state index is 13.0. The van der Waals surface area contributed by atoms with Crippen molar-refractivity contribution in [2.24, 2.45) is 23.7 Å². The van der Waals surface area contributed by atoms with Crippen molar-refractivity contribution in [2.75, 3.05) is 4.90 Å². The Morgan fingerprint density at radius 1 is 0.955 bits per heavy atom. The molecule has 2 bridgehead atoms. The Hall–Kier alpha value is -1.64. The fourth-order valence-corrected chi connectivity index (χ4v) is 5.13. The smallest absolute Gasteiger partial charge is 0.237 e. The van der Waals surface area contributed by atoms with E-state index in [0.29, 0.717) is 11.8 Å². The Morgan fingerprint density at radius 2 is 1.45 bits per heavy atom. The molecule has 1 heterocycles. The van der Waals surface area contributed by atoms with Crippen LogP contribution >= 0.6 is 0 Å². The highest BCUT2D eigenvalue weighted by Crippen LogP contribution is 2.57. The number of benzene rings is 1. The lowest BCUT2D eigenvalue weighted by Gasteiger charge is -2.23. The highest BCUT2D eigenvalue weighted by Gasteiger charge is 2.61. The Morgan fingerprint density at radius 3 is 1.91 bits per heavy atom. The van der Waals surface area contributed by atoms with Crippen molar-refractivity contribution in [1.29, 1.82) is 0 Å². The van der Waals surface area contributed by atoms with E-state index in [2.05, 4.69) is 26.0 Å². The van der Waals surface area contributed by atoms with Crippen LogP contribution in [0.1, 0.15) is 44.2 Å². The van der Waals surface area contributed by atoms with Gasteiger partial charge in [-0.2, -0.15) is 0 Å². The number of amides is 2. The van der Waals surface area contributed by atoms with Crippen LogP contribution in [0.4, 0.5) is 5.69 Å². The molecule has 4 rings (SSSR count). The summed E-state index contributed by atoms with van der Waals surface area (Å²) in [5.41, 5.74) is 3.14. The summed E-state index contributed by atoms with van der Waals surface area (Å²) in [5, 5.41) is 0. The lowest BCUT2D eigenvalue weighted by molar-refractivity contribution is -0.123. The lowest BCUT2D eigenvalue weighted by atomic mass is 9.81. The molecule has 2 amide bonds. The van der Waals surface area contributed by atoms with Crippen molar-refractivity contribution in [3.8, 4) is 0 Å². The molecule has 2 aliphatic carbocycles. The molecule has 4 atom stereocenters. The van der Waals surface area contributed by atoms with Crippen molar-refractivity contribution < 1.29 is 9.59 Å². The first kappa shape index (κ1) is 14.0. The number of hydrogen-bond acceptors (Lipinski definition) is 2. The highest BCUT2D eigenvalue weighted by molar-refractivity contribution is 6.23. The Bertz CT molecular complexity index is 601. The minimum Gasteiger partial charge on any atom is -0.274 e. The Kier molecular flexibility index (Phi) is 3.14. The van der Waals surface area contributed by atoms with Gasteiger partial charge in [0.15, 0.2) is 0 Å². The van der Waals surface area contributed by atoms with E-state index >= 15 is 0 Å². The molecule has 3 nitrogen and oxygen atoms in total. The molecule has 0 radical (unpaired) electrons. The summed E-state index contributed by atoms with van der Waals surface area (Å²) in [6.07, 6.45) is 5.06. The fraction of sp³-hybridized carbons (Fsp3) is 0.579. The molecule has 22 heavy (non-hydrogen) atoms. The molecule has 2 saturated carbocycles. The van der Waals surface area contributed by atoms with Gasteiger partial charge in [0.2, 0.25) is 11.8 Å². The van der Waals surface area contributed by atoms with Crippen LogP contribution < -0.4 is 4.90 Å². The summed E-state index contributed by atoms with van der Waals surface area (Å²) in [6.45, 7) is 4.18. The number of para-hydroxylation sites is 1. The third kappa shape index (κ3) is 1.68. The first-order valence-corrected chi connectivity index (χ1v) is 8.65. The van der Waals surface area contributed by atoms with Crippen LogP contribution in [0.15, 0.2) is 18.2 Å². The zero-order valence-corrected chi connectivity index (χ0v) is 13.3. The SMILES string of the molecule is CCc1cccc(CC)c1N1C(=O)[C@@H]2[C@H]3CC[C@@H](C3)[C@H]2C1=O.